The van der Waals surface area contributed by atoms with E-state index in [4.69, 9.17) is 14.5 Å². The maximum atomic E-state index is 14.0. The Balaban J connectivity index is 1.39. The summed E-state index contributed by atoms with van der Waals surface area (Å²) < 4.78 is 13.6. The van der Waals surface area contributed by atoms with Crippen molar-refractivity contribution in [1.82, 2.24) is 24.1 Å². The first kappa shape index (κ1) is 28.5. The highest BCUT2D eigenvalue weighted by molar-refractivity contribution is 7.98. The van der Waals surface area contributed by atoms with Crippen LogP contribution in [0.15, 0.2) is 82.7 Å². The third-order valence-corrected chi connectivity index (χ3v) is 8.77. The second-order valence-electron chi connectivity index (χ2n) is 10.5. The fourth-order valence-electron chi connectivity index (χ4n) is 5.35. The lowest BCUT2D eigenvalue weighted by Crippen LogP contribution is -2.30. The Kier molecular flexibility index (Phi) is 8.20. The summed E-state index contributed by atoms with van der Waals surface area (Å²) >= 11 is 1.50. The minimum atomic E-state index is -0.270. The molecule has 10 heteroatoms. The molecule has 0 aliphatic carbocycles. The van der Waals surface area contributed by atoms with Gasteiger partial charge in [-0.3, -0.25) is 9.36 Å². The normalized spacial score (nSPS) is 13.0. The summed E-state index contributed by atoms with van der Waals surface area (Å²) in [6.45, 7) is 3.82. The number of methoxy groups -OCH3 is 2. The molecule has 5 aromatic rings. The van der Waals surface area contributed by atoms with Crippen molar-refractivity contribution in [3.05, 3.63) is 106 Å². The zero-order valence-corrected chi connectivity index (χ0v) is 25.3. The molecule has 3 aromatic carbocycles. The van der Waals surface area contributed by atoms with Crippen molar-refractivity contribution >= 4 is 23.3 Å². The highest BCUT2D eigenvalue weighted by Crippen LogP contribution is 2.30. The molecule has 0 bridgehead atoms. The van der Waals surface area contributed by atoms with Crippen LogP contribution in [0.25, 0.3) is 16.8 Å². The minimum Gasteiger partial charge on any atom is -0.497 e. The molecule has 1 aliphatic heterocycles. The van der Waals surface area contributed by atoms with E-state index in [-0.39, 0.29) is 11.6 Å². The summed E-state index contributed by atoms with van der Waals surface area (Å²) in [7, 11) is 3.27. The SMILES string of the molecule is COc1ccc(CSc2nc3c(-c4ccc(C(=O)N5CCCC5)cc4)c(C)nn3c(=O)n2Cc2ccc(OC)cc2)cc1. The quantitative estimate of drug-likeness (QED) is 0.209. The van der Waals surface area contributed by atoms with Gasteiger partial charge in [0.25, 0.3) is 5.91 Å². The second kappa shape index (κ2) is 12.3. The van der Waals surface area contributed by atoms with Gasteiger partial charge in [0.2, 0.25) is 0 Å². The largest absolute Gasteiger partial charge is 0.497 e. The van der Waals surface area contributed by atoms with Gasteiger partial charge in [0.05, 0.1) is 26.5 Å². The predicted octanol–water partition coefficient (Wildman–Crippen LogP) is 5.46. The van der Waals surface area contributed by atoms with Crippen LogP contribution in [0, 0.1) is 6.92 Å². The lowest BCUT2D eigenvalue weighted by molar-refractivity contribution is 0.0793. The second-order valence-corrected chi connectivity index (χ2v) is 11.5. The number of carbonyl (C=O) groups excluding carboxylic acids is 1. The molecule has 2 aromatic heterocycles. The van der Waals surface area contributed by atoms with E-state index in [9.17, 15) is 9.59 Å². The number of likely N-dealkylation sites (tertiary alicyclic amines) is 1. The summed E-state index contributed by atoms with van der Waals surface area (Å²) in [5.41, 5.74) is 5.23. The number of carbonyl (C=O) groups is 1. The van der Waals surface area contributed by atoms with Crippen LogP contribution >= 0.6 is 11.8 Å². The molecule has 1 saturated heterocycles. The number of aryl methyl sites for hydroxylation is 1. The van der Waals surface area contributed by atoms with Gasteiger partial charge in [-0.2, -0.15) is 9.61 Å². The average Bonchev–Trinajstić information content (AvgIpc) is 3.70. The fourth-order valence-corrected chi connectivity index (χ4v) is 6.29. The van der Waals surface area contributed by atoms with Crippen LogP contribution in [0.4, 0.5) is 0 Å². The van der Waals surface area contributed by atoms with Gasteiger partial charge in [0.15, 0.2) is 10.8 Å². The molecule has 6 rings (SSSR count). The summed E-state index contributed by atoms with van der Waals surface area (Å²) in [4.78, 5) is 33.8. The summed E-state index contributed by atoms with van der Waals surface area (Å²) in [6.07, 6.45) is 2.10. The van der Waals surface area contributed by atoms with Gasteiger partial charge in [-0.1, -0.05) is 48.2 Å². The molecule has 3 heterocycles. The van der Waals surface area contributed by atoms with Gasteiger partial charge in [-0.15, -0.1) is 0 Å². The Morgan fingerprint density at radius 2 is 1.47 bits per heavy atom. The summed E-state index contributed by atoms with van der Waals surface area (Å²) in [5, 5.41) is 5.21. The van der Waals surface area contributed by atoms with E-state index in [1.54, 1.807) is 18.8 Å². The number of thioether (sulfide) groups is 1. The first-order chi connectivity index (χ1) is 20.9. The lowest BCUT2D eigenvalue weighted by Gasteiger charge is -2.15. The van der Waals surface area contributed by atoms with Crippen molar-refractivity contribution in [3.8, 4) is 22.6 Å². The smallest absolute Gasteiger partial charge is 0.353 e. The third kappa shape index (κ3) is 5.87. The molecule has 0 saturated carbocycles. The number of nitrogens with zero attached hydrogens (tertiary/aromatic N) is 5. The van der Waals surface area contributed by atoms with Crippen molar-refractivity contribution in [2.75, 3.05) is 27.3 Å². The molecule has 1 amide bonds. The topological polar surface area (TPSA) is 91.0 Å². The molecule has 0 atom stereocenters. The van der Waals surface area contributed by atoms with Gasteiger partial charge in [0, 0.05) is 30.0 Å². The summed E-state index contributed by atoms with van der Waals surface area (Å²) in [5.74, 6) is 2.21. The molecular formula is C33H33N5O4S. The van der Waals surface area contributed by atoms with Crippen LogP contribution in [0.5, 0.6) is 11.5 Å². The van der Waals surface area contributed by atoms with E-state index in [0.29, 0.717) is 34.4 Å². The van der Waals surface area contributed by atoms with E-state index >= 15 is 0 Å². The first-order valence-corrected chi connectivity index (χ1v) is 15.2. The molecule has 1 aliphatic rings. The number of fused-ring (bicyclic) bond motifs is 1. The maximum absolute atomic E-state index is 14.0. The first-order valence-electron chi connectivity index (χ1n) is 14.2. The number of benzene rings is 3. The highest BCUT2D eigenvalue weighted by atomic mass is 32.2. The Morgan fingerprint density at radius 1 is 0.860 bits per heavy atom. The number of amides is 1. The van der Waals surface area contributed by atoms with Crippen molar-refractivity contribution < 1.29 is 14.3 Å². The van der Waals surface area contributed by atoms with Crippen LogP contribution in [-0.2, 0) is 12.3 Å². The fraction of sp³-hybridized carbons (Fsp3) is 0.273. The van der Waals surface area contributed by atoms with Crippen LogP contribution < -0.4 is 15.2 Å². The number of hydrogen-bond donors (Lipinski definition) is 0. The molecule has 1 fully saturated rings. The van der Waals surface area contributed by atoms with Crippen LogP contribution in [0.3, 0.4) is 0 Å². The Hall–Kier alpha value is -4.57. The van der Waals surface area contributed by atoms with Crippen LogP contribution in [-0.4, -0.2) is 57.3 Å². The van der Waals surface area contributed by atoms with Crippen molar-refractivity contribution in [2.45, 2.75) is 37.2 Å². The Bertz CT molecular complexity index is 1810. The van der Waals surface area contributed by atoms with E-state index in [0.717, 1.165) is 59.7 Å². The standard InChI is InChI=1S/C33H33N5O4S/c1-22-29(25-10-12-26(13-11-25)31(39)36-18-4-5-19-36)30-34-32(43-21-24-8-16-28(42-3)17-9-24)37(33(40)38(30)35-22)20-23-6-14-27(41-2)15-7-23/h6-17H,4-5,18-21H2,1-3H3. The zero-order chi connectivity index (χ0) is 29.9. The molecule has 43 heavy (non-hydrogen) atoms. The van der Waals surface area contributed by atoms with Crippen molar-refractivity contribution in [3.63, 3.8) is 0 Å². The van der Waals surface area contributed by atoms with Gasteiger partial charge in [0.1, 0.15) is 11.5 Å². The third-order valence-electron chi connectivity index (χ3n) is 7.72. The lowest BCUT2D eigenvalue weighted by atomic mass is 10.0. The van der Waals surface area contributed by atoms with Crippen LogP contribution in [0.2, 0.25) is 0 Å². The molecule has 0 spiro atoms. The predicted molar refractivity (Wildman–Crippen MR) is 167 cm³/mol. The maximum Gasteiger partial charge on any atom is 0.353 e. The number of ether oxygens (including phenoxy) is 2. The Labute approximate surface area is 254 Å². The van der Waals surface area contributed by atoms with Crippen LogP contribution in [0.1, 0.15) is 40.0 Å². The Morgan fingerprint density at radius 3 is 2.07 bits per heavy atom. The van der Waals surface area contributed by atoms with Gasteiger partial charge < -0.3 is 14.4 Å². The molecule has 9 nitrogen and oxygen atoms in total. The number of hydrogen-bond acceptors (Lipinski definition) is 7. The monoisotopic (exact) mass is 595 g/mol. The number of rotatable bonds is 9. The molecule has 0 radical (unpaired) electrons. The van der Waals surface area contributed by atoms with Gasteiger partial charge >= 0.3 is 5.69 Å². The van der Waals surface area contributed by atoms with E-state index in [1.807, 2.05) is 84.6 Å². The molecule has 220 valence electrons. The minimum absolute atomic E-state index is 0.0531. The molecule has 0 N–H and O–H groups in total. The molecular weight excluding hydrogens is 562 g/mol. The van der Waals surface area contributed by atoms with Gasteiger partial charge in [-0.05, 0) is 72.9 Å². The number of aromatic nitrogens is 4. The summed E-state index contributed by atoms with van der Waals surface area (Å²) in [6, 6.07) is 23.1. The van der Waals surface area contributed by atoms with E-state index < -0.39 is 0 Å². The van der Waals surface area contributed by atoms with Gasteiger partial charge in [-0.25, -0.2) is 9.78 Å². The van der Waals surface area contributed by atoms with Crippen molar-refractivity contribution in [1.29, 1.82) is 0 Å². The zero-order valence-electron chi connectivity index (χ0n) is 24.4. The molecule has 0 unspecified atom stereocenters. The van der Waals surface area contributed by atoms with E-state index in [2.05, 4.69) is 5.10 Å². The average molecular weight is 596 g/mol. The van der Waals surface area contributed by atoms with Crippen molar-refractivity contribution in [2.24, 2.45) is 0 Å². The highest BCUT2D eigenvalue weighted by Gasteiger charge is 2.22. The van der Waals surface area contributed by atoms with E-state index in [1.165, 1.54) is 16.3 Å².